The van der Waals surface area contributed by atoms with Gasteiger partial charge < -0.3 is 10.8 Å². The van der Waals surface area contributed by atoms with Gasteiger partial charge in [0, 0.05) is 30.4 Å². The van der Waals surface area contributed by atoms with E-state index in [1.54, 1.807) is 18.3 Å². The molecule has 1 aliphatic heterocycles. The third-order valence-electron chi connectivity index (χ3n) is 5.62. The van der Waals surface area contributed by atoms with Crippen LogP contribution in [0.25, 0.3) is 5.57 Å². The molecule has 0 spiro atoms. The van der Waals surface area contributed by atoms with Crippen molar-refractivity contribution in [2.75, 3.05) is 13.2 Å². The van der Waals surface area contributed by atoms with Gasteiger partial charge in [0.2, 0.25) is 5.70 Å². The van der Waals surface area contributed by atoms with Gasteiger partial charge in [-0.2, -0.15) is 0 Å². The second-order valence-electron chi connectivity index (χ2n) is 7.57. The summed E-state index contributed by atoms with van der Waals surface area (Å²) in [6.07, 6.45) is 1.91. The van der Waals surface area contributed by atoms with E-state index < -0.39 is 5.91 Å². The van der Waals surface area contributed by atoms with Crippen LogP contribution in [-0.4, -0.2) is 39.5 Å². The number of carbonyl (C=O) groups is 2. The maximum Gasteiger partial charge on any atom is 0.370 e. The maximum atomic E-state index is 13.9. The van der Waals surface area contributed by atoms with Crippen LogP contribution in [0.4, 0.5) is 0 Å². The summed E-state index contributed by atoms with van der Waals surface area (Å²) in [6.45, 7) is 0.364. The van der Waals surface area contributed by atoms with E-state index in [0.717, 1.165) is 11.1 Å². The third kappa shape index (κ3) is 3.67. The molecule has 0 radical (unpaired) electrons. The lowest BCUT2D eigenvalue weighted by Crippen LogP contribution is -2.57. The molecule has 31 heavy (non-hydrogen) atoms. The van der Waals surface area contributed by atoms with Crippen LogP contribution in [0.5, 0.6) is 0 Å². The molecule has 0 saturated heterocycles. The molecule has 2 heterocycles. The molecule has 1 atom stereocenters. The van der Waals surface area contributed by atoms with Crippen molar-refractivity contribution in [3.63, 3.8) is 0 Å². The molecular weight excluding hydrogens is 390 g/mol. The number of hydrogen-bond acceptors (Lipinski definition) is 4. The number of pyridine rings is 1. The van der Waals surface area contributed by atoms with Crippen LogP contribution in [0.2, 0.25) is 0 Å². The number of fused-ring (bicyclic) bond motifs is 1. The van der Waals surface area contributed by atoms with Crippen LogP contribution < -0.4 is 5.73 Å². The van der Waals surface area contributed by atoms with Gasteiger partial charge >= 0.3 is 11.8 Å². The highest BCUT2D eigenvalue weighted by Crippen LogP contribution is 2.41. The minimum atomic E-state index is -0.657. The number of amides is 2. The van der Waals surface area contributed by atoms with E-state index in [0.29, 0.717) is 23.3 Å². The second kappa shape index (κ2) is 8.63. The van der Waals surface area contributed by atoms with Crippen LogP contribution in [0.15, 0.2) is 84.7 Å². The minimum absolute atomic E-state index is 0.107. The summed E-state index contributed by atoms with van der Waals surface area (Å²) < 4.78 is -0.311. The van der Waals surface area contributed by atoms with Crippen molar-refractivity contribution in [3.05, 3.63) is 107 Å². The quantitative estimate of drug-likeness (QED) is 0.582. The summed E-state index contributed by atoms with van der Waals surface area (Å²) in [5.41, 5.74) is 9.39. The van der Waals surface area contributed by atoms with E-state index in [-0.39, 0.29) is 35.8 Å². The van der Waals surface area contributed by atoms with Gasteiger partial charge in [-0.15, -0.1) is 0 Å². The van der Waals surface area contributed by atoms with Crippen molar-refractivity contribution in [2.24, 2.45) is 5.73 Å². The average Bonchev–Trinajstić information content (AvgIpc) is 2.80. The Hall–Kier alpha value is -3.61. The SMILES string of the molecule is NC(=O)C1=C(c2ccccc2)c2cccnc2C(=O)[N+]1(CCCO)Cc1ccccc1. The molecule has 3 aromatic rings. The first-order chi connectivity index (χ1) is 15.1. The number of benzene rings is 2. The van der Waals surface area contributed by atoms with Gasteiger partial charge in [-0.3, -0.25) is 4.79 Å². The first-order valence-electron chi connectivity index (χ1n) is 10.2. The predicted octanol–water partition coefficient (Wildman–Crippen LogP) is 2.88. The molecule has 3 N–H and O–H groups in total. The zero-order valence-corrected chi connectivity index (χ0v) is 17.1. The van der Waals surface area contributed by atoms with E-state index in [2.05, 4.69) is 4.98 Å². The van der Waals surface area contributed by atoms with E-state index in [9.17, 15) is 14.7 Å². The van der Waals surface area contributed by atoms with Crippen LogP contribution in [0.3, 0.4) is 0 Å². The highest BCUT2D eigenvalue weighted by molar-refractivity contribution is 6.10. The Balaban J connectivity index is 2.06. The van der Waals surface area contributed by atoms with Gasteiger partial charge in [0.1, 0.15) is 6.54 Å². The minimum Gasteiger partial charge on any atom is -0.396 e. The highest BCUT2D eigenvalue weighted by atomic mass is 16.3. The molecule has 1 aliphatic rings. The van der Waals surface area contributed by atoms with Crippen molar-refractivity contribution < 1.29 is 19.2 Å². The Kier molecular flexibility index (Phi) is 5.75. The summed E-state index contributed by atoms with van der Waals surface area (Å²) in [4.78, 5) is 31.3. The fourth-order valence-electron chi connectivity index (χ4n) is 4.33. The second-order valence-corrected chi connectivity index (χ2v) is 7.57. The zero-order chi connectivity index (χ0) is 21.8. The molecule has 1 aromatic heterocycles. The molecule has 6 heteroatoms. The Morgan fingerprint density at radius 3 is 2.29 bits per heavy atom. The molecule has 1 unspecified atom stereocenters. The molecule has 2 amide bonds. The third-order valence-corrected chi connectivity index (χ3v) is 5.62. The molecule has 2 aromatic carbocycles. The largest absolute Gasteiger partial charge is 0.396 e. The number of aromatic nitrogens is 1. The molecule has 0 saturated carbocycles. The normalized spacial score (nSPS) is 18.0. The molecule has 6 nitrogen and oxygen atoms in total. The average molecular weight is 414 g/mol. The molecule has 0 bridgehead atoms. The van der Waals surface area contributed by atoms with Crippen LogP contribution in [0.1, 0.15) is 33.6 Å². The summed E-state index contributed by atoms with van der Waals surface area (Å²) in [7, 11) is 0. The number of rotatable bonds is 7. The summed E-state index contributed by atoms with van der Waals surface area (Å²) in [6, 6.07) is 22.5. The first-order valence-corrected chi connectivity index (χ1v) is 10.2. The van der Waals surface area contributed by atoms with Gasteiger partial charge in [-0.05, 0) is 11.6 Å². The maximum absolute atomic E-state index is 13.9. The van der Waals surface area contributed by atoms with Crippen molar-refractivity contribution in [1.29, 1.82) is 0 Å². The predicted molar refractivity (Wildman–Crippen MR) is 117 cm³/mol. The number of hydrogen-bond donors (Lipinski definition) is 2. The topological polar surface area (TPSA) is 93.3 Å². The number of aliphatic hydroxyl groups excluding tert-OH is 1. The van der Waals surface area contributed by atoms with Crippen molar-refractivity contribution in [1.82, 2.24) is 4.98 Å². The number of primary amides is 1. The highest BCUT2D eigenvalue weighted by Gasteiger charge is 2.51. The van der Waals surface area contributed by atoms with Crippen LogP contribution in [0, 0.1) is 0 Å². The molecule has 0 fully saturated rings. The summed E-state index contributed by atoms with van der Waals surface area (Å²) in [5, 5.41) is 9.60. The number of nitrogens with zero attached hydrogens (tertiary/aromatic N) is 2. The summed E-state index contributed by atoms with van der Waals surface area (Å²) in [5.74, 6) is -0.947. The van der Waals surface area contributed by atoms with Gasteiger partial charge in [-0.25, -0.2) is 14.3 Å². The molecular formula is C25H24N3O3+. The Morgan fingerprint density at radius 1 is 0.968 bits per heavy atom. The van der Waals surface area contributed by atoms with E-state index >= 15 is 0 Å². The van der Waals surface area contributed by atoms with Crippen LogP contribution >= 0.6 is 0 Å². The lowest BCUT2D eigenvalue weighted by Gasteiger charge is -2.40. The van der Waals surface area contributed by atoms with Crippen molar-refractivity contribution in [3.8, 4) is 0 Å². The summed E-state index contributed by atoms with van der Waals surface area (Å²) >= 11 is 0. The fraction of sp³-hybridized carbons (Fsp3) is 0.160. The van der Waals surface area contributed by atoms with Crippen molar-refractivity contribution >= 4 is 17.4 Å². The molecule has 156 valence electrons. The van der Waals surface area contributed by atoms with E-state index in [1.807, 2.05) is 60.7 Å². The monoisotopic (exact) mass is 414 g/mol. The lowest BCUT2D eigenvalue weighted by atomic mass is 9.88. The standard InChI is InChI=1S/C25H23N3O3/c26-24(30)23-21(19-11-5-2-6-12-19)20-13-7-14-27-22(20)25(31)28(23,15-8-16-29)17-18-9-3-1-4-10-18/h1-7,9-14,29H,8,15-17H2,(H-,26,30)/p+1. The Morgan fingerprint density at radius 2 is 1.65 bits per heavy atom. The van der Waals surface area contributed by atoms with E-state index in [1.165, 1.54) is 0 Å². The molecule has 0 aliphatic carbocycles. The smallest absolute Gasteiger partial charge is 0.370 e. The first kappa shape index (κ1) is 20.7. The van der Waals surface area contributed by atoms with Gasteiger partial charge in [0.05, 0.1) is 12.1 Å². The number of nitrogens with two attached hydrogens (primary N) is 1. The molecule has 4 rings (SSSR count). The number of quaternary nitrogens is 1. The Bertz CT molecular complexity index is 1140. The van der Waals surface area contributed by atoms with Gasteiger partial charge in [0.25, 0.3) is 0 Å². The Labute approximate surface area is 180 Å². The van der Waals surface area contributed by atoms with Gasteiger partial charge in [-0.1, -0.05) is 66.7 Å². The number of carbonyl (C=O) groups excluding carboxylic acids is 2. The zero-order valence-electron chi connectivity index (χ0n) is 17.1. The van der Waals surface area contributed by atoms with E-state index in [4.69, 9.17) is 5.73 Å². The van der Waals surface area contributed by atoms with Gasteiger partial charge in [0.15, 0.2) is 5.69 Å². The number of aliphatic hydroxyl groups is 1. The lowest BCUT2D eigenvalue weighted by molar-refractivity contribution is -0.820. The van der Waals surface area contributed by atoms with Crippen molar-refractivity contribution in [2.45, 2.75) is 13.0 Å². The fourth-order valence-corrected chi connectivity index (χ4v) is 4.33. The van der Waals surface area contributed by atoms with Crippen LogP contribution in [-0.2, 0) is 11.3 Å².